The fourth-order valence-corrected chi connectivity index (χ4v) is 3.02. The zero-order chi connectivity index (χ0) is 20.8. The molecule has 0 spiro atoms. The fraction of sp³-hybridized carbons (Fsp3) is 0.412. The summed E-state index contributed by atoms with van der Waals surface area (Å²) in [4.78, 5) is 56.5. The number of carboxylic acids is 2. The van der Waals surface area contributed by atoms with Crippen molar-refractivity contribution in [3.63, 3.8) is 0 Å². The van der Waals surface area contributed by atoms with Crippen LogP contribution in [0, 0.1) is 0 Å². The van der Waals surface area contributed by atoms with Crippen LogP contribution < -0.4 is 20.3 Å². The van der Waals surface area contributed by atoms with E-state index in [4.69, 9.17) is 15.0 Å². The highest BCUT2D eigenvalue weighted by molar-refractivity contribution is 6.01. The summed E-state index contributed by atoms with van der Waals surface area (Å²) in [7, 11) is 0. The second-order valence-electron chi connectivity index (χ2n) is 6.05. The first-order valence-electron chi connectivity index (χ1n) is 7.97. The van der Waals surface area contributed by atoms with E-state index < -0.39 is 41.4 Å². The zero-order valence-electron chi connectivity index (χ0n) is 15.1. The van der Waals surface area contributed by atoms with Gasteiger partial charge in [0.1, 0.15) is 6.04 Å². The van der Waals surface area contributed by atoms with Crippen LogP contribution in [0.4, 0.5) is 0 Å². The molecule has 146 valence electrons. The molecule has 2 rings (SSSR count). The van der Waals surface area contributed by atoms with E-state index in [9.17, 15) is 19.2 Å². The van der Waals surface area contributed by atoms with Crippen molar-refractivity contribution < 1.29 is 38.8 Å². The maximum absolute atomic E-state index is 12.5. The fourth-order valence-electron chi connectivity index (χ4n) is 3.02. The highest BCUT2D eigenvalue weighted by Crippen LogP contribution is 2.30. The summed E-state index contributed by atoms with van der Waals surface area (Å²) in [5, 5.41) is 22.9. The van der Waals surface area contributed by atoms with Crippen LogP contribution in [0.1, 0.15) is 33.2 Å². The van der Waals surface area contributed by atoms with Gasteiger partial charge in [-0.15, -0.1) is 0 Å². The summed E-state index contributed by atoms with van der Waals surface area (Å²) < 4.78 is 1.50. The van der Waals surface area contributed by atoms with Gasteiger partial charge in [0.25, 0.3) is 5.91 Å². The van der Waals surface area contributed by atoms with Gasteiger partial charge in [0, 0.05) is 38.4 Å². The first kappa shape index (κ1) is 21.7. The summed E-state index contributed by atoms with van der Waals surface area (Å²) in [6.45, 7) is 3.49. The summed E-state index contributed by atoms with van der Waals surface area (Å²) in [6.07, 6.45) is 2.97. The molecule has 3 unspecified atom stereocenters. The Balaban J connectivity index is 0.000000828. The Labute approximate surface area is 155 Å². The SMILES string of the molecule is CC(=O)NC1(C(C(C)=O)[n+]2ccccc2)CC(C(=O)O)NC1=O.CC(=O)[O-]. The number of rotatable bonds is 5. The van der Waals surface area contributed by atoms with Gasteiger partial charge in [-0.1, -0.05) is 6.07 Å². The normalized spacial score (nSPS) is 21.9. The standard InChI is InChI=1S/C15H17N3O5.C2H4O2/c1-9(19)12(18-6-4-3-5-7-18)15(17-10(2)20)8-11(13(21)22)16-14(15)23;1-2(3)4/h3-7,11-12H,8H2,1-2H3,(H2-,16,17,20,21,22,23);1H3,(H,3,4). The maximum Gasteiger partial charge on any atom is 0.326 e. The molecule has 0 radical (unpaired) electrons. The number of carbonyl (C=O) groups excluding carboxylic acids is 4. The number of amides is 2. The average molecular weight is 379 g/mol. The molecule has 27 heavy (non-hydrogen) atoms. The Kier molecular flexibility index (Phi) is 7.15. The van der Waals surface area contributed by atoms with Crippen molar-refractivity contribution >= 4 is 29.5 Å². The van der Waals surface area contributed by atoms with Crippen LogP contribution >= 0.6 is 0 Å². The molecule has 10 heteroatoms. The van der Waals surface area contributed by atoms with E-state index in [1.807, 2.05) is 0 Å². The van der Waals surface area contributed by atoms with Gasteiger partial charge in [-0.25, -0.2) is 4.79 Å². The second-order valence-corrected chi connectivity index (χ2v) is 6.05. The maximum atomic E-state index is 12.5. The first-order valence-corrected chi connectivity index (χ1v) is 7.97. The van der Waals surface area contributed by atoms with Crippen LogP contribution in [0.15, 0.2) is 30.6 Å². The second kappa shape index (κ2) is 8.88. The molecule has 1 aromatic rings. The lowest BCUT2D eigenvalue weighted by Crippen LogP contribution is -2.66. The van der Waals surface area contributed by atoms with Crippen molar-refractivity contribution in [1.29, 1.82) is 0 Å². The van der Waals surface area contributed by atoms with Gasteiger partial charge >= 0.3 is 5.97 Å². The quantitative estimate of drug-likeness (QED) is 0.486. The molecule has 1 aliphatic rings. The number of hydrogen-bond donors (Lipinski definition) is 3. The predicted molar refractivity (Wildman–Crippen MR) is 87.8 cm³/mol. The summed E-state index contributed by atoms with van der Waals surface area (Å²) in [6, 6.07) is 2.89. The molecule has 1 fully saturated rings. The van der Waals surface area contributed by atoms with Gasteiger partial charge in [0.15, 0.2) is 17.9 Å². The molecule has 0 aliphatic carbocycles. The van der Waals surface area contributed by atoms with E-state index in [0.717, 1.165) is 6.92 Å². The van der Waals surface area contributed by atoms with Gasteiger partial charge in [-0.3, -0.25) is 14.4 Å². The lowest BCUT2D eigenvalue weighted by Gasteiger charge is -2.30. The highest BCUT2D eigenvalue weighted by Gasteiger charge is 2.60. The van der Waals surface area contributed by atoms with Crippen molar-refractivity contribution in [3.05, 3.63) is 30.6 Å². The average Bonchev–Trinajstić information content (AvgIpc) is 2.84. The number of nitrogens with zero attached hydrogens (tertiary/aromatic N) is 1. The Hall–Kier alpha value is -3.30. The van der Waals surface area contributed by atoms with Crippen LogP contribution in [0.2, 0.25) is 0 Å². The molecular weight excluding hydrogens is 358 g/mol. The molecule has 1 aromatic heterocycles. The van der Waals surface area contributed by atoms with Gasteiger partial charge in [-0.05, 0) is 6.92 Å². The molecule has 3 atom stereocenters. The van der Waals surface area contributed by atoms with Crippen molar-refractivity contribution in [2.45, 2.75) is 44.8 Å². The van der Waals surface area contributed by atoms with E-state index in [-0.39, 0.29) is 12.2 Å². The number of hydrogen-bond acceptors (Lipinski definition) is 6. The molecular formula is C17H21N3O7. The van der Waals surface area contributed by atoms with Crippen LogP contribution in [0.3, 0.4) is 0 Å². The predicted octanol–water partition coefficient (Wildman–Crippen LogP) is -2.29. The van der Waals surface area contributed by atoms with E-state index in [2.05, 4.69) is 10.6 Å². The largest absolute Gasteiger partial charge is 0.550 e. The lowest BCUT2D eigenvalue weighted by molar-refractivity contribution is -0.714. The van der Waals surface area contributed by atoms with Gasteiger partial charge in [-0.2, -0.15) is 4.57 Å². The first-order chi connectivity index (χ1) is 12.5. The van der Waals surface area contributed by atoms with Crippen LogP contribution in [0.5, 0.6) is 0 Å². The number of pyridine rings is 1. The number of aliphatic carboxylic acids is 2. The van der Waals surface area contributed by atoms with Crippen LogP contribution in [-0.2, 0) is 24.0 Å². The minimum absolute atomic E-state index is 0.215. The summed E-state index contributed by atoms with van der Waals surface area (Å²) in [5.41, 5.74) is -1.65. The molecule has 2 amide bonds. The van der Waals surface area contributed by atoms with Gasteiger partial charge < -0.3 is 25.6 Å². The van der Waals surface area contributed by atoms with Gasteiger partial charge in [0.05, 0.1) is 0 Å². The zero-order valence-corrected chi connectivity index (χ0v) is 15.1. The molecule has 2 heterocycles. The number of Topliss-reactive ketones (excluding diaryl/α,β-unsaturated/α-hetero) is 1. The Morgan fingerprint density at radius 2 is 1.74 bits per heavy atom. The van der Waals surface area contributed by atoms with Crippen molar-refractivity contribution in [2.75, 3.05) is 0 Å². The van der Waals surface area contributed by atoms with E-state index in [0.29, 0.717) is 0 Å². The molecule has 10 nitrogen and oxygen atoms in total. The minimum atomic E-state index is -1.65. The van der Waals surface area contributed by atoms with Crippen LogP contribution in [0.25, 0.3) is 0 Å². The topological polar surface area (TPSA) is 157 Å². The van der Waals surface area contributed by atoms with Crippen molar-refractivity contribution in [2.24, 2.45) is 0 Å². The number of nitrogens with one attached hydrogen (secondary N) is 2. The van der Waals surface area contributed by atoms with Crippen molar-refractivity contribution in [1.82, 2.24) is 10.6 Å². The van der Waals surface area contributed by atoms with E-state index in [1.165, 1.54) is 18.4 Å². The Bertz CT molecular complexity index is 746. The third-order valence-corrected chi connectivity index (χ3v) is 3.82. The van der Waals surface area contributed by atoms with Gasteiger partial charge in [0.2, 0.25) is 17.7 Å². The number of carboxylic acid groups (broad SMARTS) is 2. The van der Waals surface area contributed by atoms with Crippen molar-refractivity contribution in [3.8, 4) is 0 Å². The molecule has 0 bridgehead atoms. The molecule has 1 aliphatic heterocycles. The molecule has 1 saturated heterocycles. The van der Waals surface area contributed by atoms with E-state index >= 15 is 0 Å². The summed E-state index contributed by atoms with van der Waals surface area (Å²) in [5.74, 6) is -3.87. The third-order valence-electron chi connectivity index (χ3n) is 3.82. The molecule has 0 saturated carbocycles. The molecule has 3 N–H and O–H groups in total. The lowest BCUT2D eigenvalue weighted by atomic mass is 9.83. The summed E-state index contributed by atoms with van der Waals surface area (Å²) >= 11 is 0. The minimum Gasteiger partial charge on any atom is -0.550 e. The smallest absolute Gasteiger partial charge is 0.326 e. The number of ketones is 1. The number of aromatic nitrogens is 1. The number of carbonyl (C=O) groups is 5. The molecule has 0 aromatic carbocycles. The van der Waals surface area contributed by atoms with E-state index in [1.54, 1.807) is 30.6 Å². The monoisotopic (exact) mass is 379 g/mol. The highest BCUT2D eigenvalue weighted by atomic mass is 16.4. The third kappa shape index (κ3) is 5.33. The Morgan fingerprint density at radius 3 is 2.11 bits per heavy atom. The Morgan fingerprint density at radius 1 is 1.22 bits per heavy atom. The van der Waals surface area contributed by atoms with Crippen LogP contribution in [-0.4, -0.2) is 46.2 Å².